The maximum absolute atomic E-state index is 13.0. The maximum Gasteiger partial charge on any atom is 0.240 e. The molecule has 0 radical (unpaired) electrons. The lowest BCUT2D eigenvalue weighted by molar-refractivity contribution is -0.489. The summed E-state index contributed by atoms with van der Waals surface area (Å²) in [7, 11) is 1.77. The van der Waals surface area contributed by atoms with Gasteiger partial charge in [-0.3, -0.25) is 19.9 Å². The van der Waals surface area contributed by atoms with Gasteiger partial charge in [-0.2, -0.15) is 0 Å². The fourth-order valence-corrected chi connectivity index (χ4v) is 4.83. The van der Waals surface area contributed by atoms with Crippen molar-refractivity contribution in [1.82, 2.24) is 10.0 Å². The summed E-state index contributed by atoms with van der Waals surface area (Å²) >= 11 is 0. The monoisotopic (exact) mass is 355 g/mol. The second-order valence-electron chi connectivity index (χ2n) is 7.34. The molecule has 0 saturated carbocycles. The highest BCUT2D eigenvalue weighted by molar-refractivity contribution is 5.80. The number of ether oxygens (including phenoxy) is 1. The van der Waals surface area contributed by atoms with Crippen molar-refractivity contribution in [2.24, 2.45) is 11.8 Å². The number of nitrogens with zero attached hydrogens (tertiary/aromatic N) is 3. The van der Waals surface area contributed by atoms with Crippen LogP contribution in [0.1, 0.15) is 59.3 Å². The van der Waals surface area contributed by atoms with Crippen molar-refractivity contribution in [3.05, 3.63) is 10.1 Å². The third-order valence-corrected chi connectivity index (χ3v) is 6.45. The second kappa shape index (κ2) is 8.45. The zero-order valence-corrected chi connectivity index (χ0v) is 16.1. The number of rotatable bonds is 9. The summed E-state index contributed by atoms with van der Waals surface area (Å²) < 4.78 is 5.92. The number of carbonyl (C=O) groups excluding carboxylic acids is 1. The summed E-state index contributed by atoms with van der Waals surface area (Å²) in [4.78, 5) is 23.7. The van der Waals surface area contributed by atoms with Crippen LogP contribution in [0.25, 0.3) is 0 Å². The normalized spacial score (nSPS) is 26.4. The van der Waals surface area contributed by atoms with Gasteiger partial charge in [0.25, 0.3) is 0 Å². The number of hydrazine groups is 1. The van der Waals surface area contributed by atoms with E-state index >= 15 is 0 Å². The molecule has 0 N–H and O–H groups in total. The van der Waals surface area contributed by atoms with Crippen LogP contribution in [0.3, 0.4) is 0 Å². The molecule has 0 spiro atoms. The molecule has 25 heavy (non-hydrogen) atoms. The van der Waals surface area contributed by atoms with Crippen LogP contribution in [0.15, 0.2) is 0 Å². The van der Waals surface area contributed by atoms with Gasteiger partial charge in [0, 0.05) is 31.0 Å². The fourth-order valence-electron chi connectivity index (χ4n) is 4.83. The summed E-state index contributed by atoms with van der Waals surface area (Å²) in [6.07, 6.45) is 5.27. The smallest absolute Gasteiger partial charge is 0.240 e. The van der Waals surface area contributed by atoms with Crippen molar-refractivity contribution in [3.8, 4) is 0 Å². The molecule has 7 nitrogen and oxygen atoms in total. The Kier molecular flexibility index (Phi) is 6.79. The van der Waals surface area contributed by atoms with Crippen LogP contribution in [0.2, 0.25) is 0 Å². The van der Waals surface area contributed by atoms with E-state index in [9.17, 15) is 14.9 Å². The first kappa shape index (κ1) is 20.1. The topological polar surface area (TPSA) is 75.9 Å². The minimum absolute atomic E-state index is 0.0674. The average Bonchev–Trinajstić information content (AvgIpc) is 3.22. The summed E-state index contributed by atoms with van der Waals surface area (Å²) in [6.45, 7) is 7.63. The minimum Gasteiger partial charge on any atom is -0.377 e. The van der Waals surface area contributed by atoms with E-state index in [2.05, 4.69) is 18.9 Å². The van der Waals surface area contributed by atoms with Gasteiger partial charge in [-0.1, -0.05) is 20.8 Å². The van der Waals surface area contributed by atoms with Gasteiger partial charge in [-0.25, -0.2) is 5.01 Å². The van der Waals surface area contributed by atoms with E-state index in [1.807, 2.05) is 11.9 Å². The summed E-state index contributed by atoms with van der Waals surface area (Å²) in [5.41, 5.74) is -0.236. The standard InChI is InChI=1S/C18H33N3O4/c1-5-14(13-21(23)24)15-10-12-20(17(15)22)19-11-8-9-16(19)18(6-2,7-3)25-4/h14-16H,5-13H2,1-4H3/t14-,15-,16+/m1/s1. The van der Waals surface area contributed by atoms with Crippen LogP contribution in [0.5, 0.6) is 0 Å². The van der Waals surface area contributed by atoms with Crippen LogP contribution in [-0.4, -0.2) is 59.2 Å². The van der Waals surface area contributed by atoms with Gasteiger partial charge in [0.1, 0.15) is 0 Å². The number of carbonyl (C=O) groups is 1. The first-order valence-electron chi connectivity index (χ1n) is 9.68. The van der Waals surface area contributed by atoms with E-state index in [1.165, 1.54) is 0 Å². The number of methoxy groups -OCH3 is 1. The highest BCUT2D eigenvalue weighted by atomic mass is 16.6. The molecule has 2 aliphatic heterocycles. The SMILES string of the molecule is CC[C@H](C[N+](=O)[O-])[C@H]1CCN(N2CCC[C@H]2C(CC)(CC)OC)C1=O. The Morgan fingerprint density at radius 2 is 1.96 bits per heavy atom. The summed E-state index contributed by atoms with van der Waals surface area (Å²) in [5.74, 6) is -0.326. The first-order chi connectivity index (χ1) is 11.9. The molecule has 0 aromatic heterocycles. The molecule has 0 aromatic carbocycles. The molecule has 2 aliphatic rings. The molecule has 144 valence electrons. The zero-order chi connectivity index (χ0) is 18.6. The second-order valence-corrected chi connectivity index (χ2v) is 7.34. The first-order valence-corrected chi connectivity index (χ1v) is 9.68. The average molecular weight is 355 g/mol. The molecule has 3 atom stereocenters. The van der Waals surface area contributed by atoms with Crippen molar-refractivity contribution in [2.45, 2.75) is 70.9 Å². The molecular weight excluding hydrogens is 322 g/mol. The van der Waals surface area contributed by atoms with Gasteiger partial charge in [-0.15, -0.1) is 0 Å². The quantitative estimate of drug-likeness (QED) is 0.469. The van der Waals surface area contributed by atoms with Crippen LogP contribution in [-0.2, 0) is 9.53 Å². The third-order valence-electron chi connectivity index (χ3n) is 6.45. The molecular formula is C18H33N3O4. The predicted molar refractivity (Wildman–Crippen MR) is 95.5 cm³/mol. The van der Waals surface area contributed by atoms with E-state index in [-0.39, 0.29) is 40.9 Å². The van der Waals surface area contributed by atoms with Crippen LogP contribution >= 0.6 is 0 Å². The van der Waals surface area contributed by atoms with Gasteiger partial charge < -0.3 is 4.74 Å². The van der Waals surface area contributed by atoms with E-state index in [1.54, 1.807) is 7.11 Å². The number of amides is 1. The molecule has 2 heterocycles. The van der Waals surface area contributed by atoms with Crippen molar-refractivity contribution in [1.29, 1.82) is 0 Å². The van der Waals surface area contributed by atoms with E-state index in [4.69, 9.17) is 4.74 Å². The Labute approximate surface area is 150 Å². The molecule has 2 saturated heterocycles. The third kappa shape index (κ3) is 3.82. The van der Waals surface area contributed by atoms with E-state index in [0.717, 1.165) is 32.2 Å². The van der Waals surface area contributed by atoms with Gasteiger partial charge in [0.15, 0.2) is 0 Å². The van der Waals surface area contributed by atoms with Crippen molar-refractivity contribution < 1.29 is 14.5 Å². The lowest BCUT2D eigenvalue weighted by Gasteiger charge is -2.44. The lowest BCUT2D eigenvalue weighted by atomic mass is 9.87. The molecule has 1 amide bonds. The Morgan fingerprint density at radius 1 is 1.28 bits per heavy atom. The summed E-state index contributed by atoms with van der Waals surface area (Å²) in [5, 5.41) is 15.0. The van der Waals surface area contributed by atoms with Crippen LogP contribution in [0, 0.1) is 22.0 Å². The van der Waals surface area contributed by atoms with Crippen molar-refractivity contribution in [2.75, 3.05) is 26.7 Å². The molecule has 2 fully saturated rings. The van der Waals surface area contributed by atoms with E-state index in [0.29, 0.717) is 19.4 Å². The van der Waals surface area contributed by atoms with E-state index < -0.39 is 0 Å². The Bertz CT molecular complexity index is 473. The molecule has 0 bridgehead atoms. The Balaban J connectivity index is 2.16. The molecule has 0 aliphatic carbocycles. The van der Waals surface area contributed by atoms with Crippen LogP contribution < -0.4 is 0 Å². The van der Waals surface area contributed by atoms with Gasteiger partial charge in [0.2, 0.25) is 12.5 Å². The van der Waals surface area contributed by atoms with Crippen LogP contribution in [0.4, 0.5) is 0 Å². The molecule has 0 unspecified atom stereocenters. The lowest BCUT2D eigenvalue weighted by Crippen LogP contribution is -2.57. The van der Waals surface area contributed by atoms with Gasteiger partial charge in [-0.05, 0) is 38.5 Å². The molecule has 7 heteroatoms. The fraction of sp³-hybridized carbons (Fsp3) is 0.944. The molecule has 2 rings (SSSR count). The van der Waals surface area contributed by atoms with Gasteiger partial charge >= 0.3 is 0 Å². The van der Waals surface area contributed by atoms with Crippen molar-refractivity contribution >= 4 is 5.91 Å². The van der Waals surface area contributed by atoms with Gasteiger partial charge in [0.05, 0.1) is 17.6 Å². The number of hydrogen-bond donors (Lipinski definition) is 0. The minimum atomic E-state index is -0.285. The highest BCUT2D eigenvalue weighted by Gasteiger charge is 2.48. The Hall–Kier alpha value is -1.21. The number of hydrogen-bond acceptors (Lipinski definition) is 5. The predicted octanol–water partition coefficient (Wildman–Crippen LogP) is 2.72. The molecule has 0 aromatic rings. The Morgan fingerprint density at radius 3 is 2.48 bits per heavy atom. The highest BCUT2D eigenvalue weighted by Crippen LogP contribution is 2.38. The number of nitro groups is 1. The maximum atomic E-state index is 13.0. The zero-order valence-electron chi connectivity index (χ0n) is 16.1. The largest absolute Gasteiger partial charge is 0.377 e. The van der Waals surface area contributed by atoms with Crippen molar-refractivity contribution in [3.63, 3.8) is 0 Å². The summed E-state index contributed by atoms with van der Waals surface area (Å²) in [6, 6.07) is 0.200.